The predicted molar refractivity (Wildman–Crippen MR) is 74.5 cm³/mol. The molecule has 3 rings (SSSR count). The molecule has 1 N–H and O–H groups in total. The number of hydrogen-bond donors (Lipinski definition) is 1. The zero-order chi connectivity index (χ0) is 14.7. The van der Waals surface area contributed by atoms with Crippen molar-refractivity contribution in [1.82, 2.24) is 5.32 Å². The molecular formula is C16H15F2NO2. The van der Waals surface area contributed by atoms with Crippen molar-refractivity contribution in [3.8, 4) is 11.5 Å². The van der Waals surface area contributed by atoms with E-state index >= 15 is 0 Å². The van der Waals surface area contributed by atoms with Crippen LogP contribution in [0.5, 0.6) is 11.5 Å². The third kappa shape index (κ3) is 3.49. The summed E-state index contributed by atoms with van der Waals surface area (Å²) >= 11 is 0. The largest absolute Gasteiger partial charge is 0.586 e. The van der Waals surface area contributed by atoms with E-state index in [-0.39, 0.29) is 11.5 Å². The van der Waals surface area contributed by atoms with E-state index in [2.05, 4.69) is 26.9 Å². The Balaban J connectivity index is 1.51. The summed E-state index contributed by atoms with van der Waals surface area (Å²) < 4.78 is 34.6. The highest BCUT2D eigenvalue weighted by molar-refractivity contribution is 5.45. The summed E-state index contributed by atoms with van der Waals surface area (Å²) in [7, 11) is 0. The first-order valence-corrected chi connectivity index (χ1v) is 6.76. The van der Waals surface area contributed by atoms with Crippen molar-refractivity contribution in [3.63, 3.8) is 0 Å². The average molecular weight is 291 g/mol. The van der Waals surface area contributed by atoms with E-state index in [1.807, 2.05) is 18.2 Å². The minimum atomic E-state index is -3.55. The molecule has 5 heteroatoms. The van der Waals surface area contributed by atoms with Crippen molar-refractivity contribution in [2.75, 3.05) is 6.54 Å². The number of benzene rings is 2. The molecule has 0 amide bonds. The van der Waals surface area contributed by atoms with Gasteiger partial charge in [-0.2, -0.15) is 0 Å². The Morgan fingerprint density at radius 2 is 1.67 bits per heavy atom. The summed E-state index contributed by atoms with van der Waals surface area (Å²) in [4.78, 5) is 0. The number of fused-ring (bicyclic) bond motifs is 1. The predicted octanol–water partition coefficient (Wildman–Crippen LogP) is 3.34. The van der Waals surface area contributed by atoms with Crippen molar-refractivity contribution in [2.45, 2.75) is 19.3 Å². The molecule has 0 fully saturated rings. The molecule has 3 nitrogen and oxygen atoms in total. The van der Waals surface area contributed by atoms with Gasteiger partial charge in [0.05, 0.1) is 0 Å². The Hall–Kier alpha value is -2.14. The molecule has 21 heavy (non-hydrogen) atoms. The molecule has 110 valence electrons. The van der Waals surface area contributed by atoms with E-state index in [4.69, 9.17) is 0 Å². The first-order chi connectivity index (χ1) is 10.1. The molecule has 0 aromatic heterocycles. The van der Waals surface area contributed by atoms with Crippen molar-refractivity contribution < 1.29 is 18.3 Å². The van der Waals surface area contributed by atoms with Gasteiger partial charge in [-0.15, -0.1) is 8.78 Å². The molecule has 1 heterocycles. The molecule has 2 aromatic rings. The van der Waals surface area contributed by atoms with E-state index < -0.39 is 6.29 Å². The summed E-state index contributed by atoms with van der Waals surface area (Å²) in [6.45, 7) is 1.54. The van der Waals surface area contributed by atoms with Gasteiger partial charge in [0.25, 0.3) is 0 Å². The Labute approximate surface area is 121 Å². The van der Waals surface area contributed by atoms with Crippen LogP contribution in [0, 0.1) is 0 Å². The van der Waals surface area contributed by atoms with E-state index in [9.17, 15) is 8.78 Å². The second-order valence-electron chi connectivity index (χ2n) is 4.86. The van der Waals surface area contributed by atoms with E-state index in [0.717, 1.165) is 25.1 Å². The maximum Gasteiger partial charge on any atom is 0.586 e. The van der Waals surface area contributed by atoms with E-state index in [0.29, 0.717) is 0 Å². The summed E-state index contributed by atoms with van der Waals surface area (Å²) in [5.41, 5.74) is 2.14. The van der Waals surface area contributed by atoms with Crippen molar-refractivity contribution in [1.29, 1.82) is 0 Å². The fourth-order valence-electron chi connectivity index (χ4n) is 2.21. The number of nitrogens with one attached hydrogen (secondary N) is 1. The van der Waals surface area contributed by atoms with Crippen LogP contribution in [-0.4, -0.2) is 12.8 Å². The third-order valence-electron chi connectivity index (χ3n) is 3.23. The van der Waals surface area contributed by atoms with Crippen molar-refractivity contribution in [3.05, 3.63) is 59.7 Å². The monoisotopic (exact) mass is 291 g/mol. The van der Waals surface area contributed by atoms with Gasteiger partial charge in [-0.25, -0.2) is 0 Å². The van der Waals surface area contributed by atoms with Gasteiger partial charge in [0.2, 0.25) is 0 Å². The lowest BCUT2D eigenvalue weighted by Crippen LogP contribution is -2.25. The van der Waals surface area contributed by atoms with Crippen LogP contribution in [0.15, 0.2) is 48.5 Å². The fraction of sp³-hybridized carbons (Fsp3) is 0.250. The zero-order valence-electron chi connectivity index (χ0n) is 11.3. The van der Waals surface area contributed by atoms with Crippen LogP contribution in [0.3, 0.4) is 0 Å². The van der Waals surface area contributed by atoms with Crippen LogP contribution >= 0.6 is 0 Å². The molecule has 1 aliphatic heterocycles. The van der Waals surface area contributed by atoms with Gasteiger partial charge >= 0.3 is 6.29 Å². The molecule has 1 aliphatic rings. The number of ether oxygens (including phenoxy) is 2. The first-order valence-electron chi connectivity index (χ1n) is 6.76. The Kier molecular flexibility index (Phi) is 3.75. The van der Waals surface area contributed by atoms with Crippen LogP contribution < -0.4 is 14.8 Å². The van der Waals surface area contributed by atoms with Crippen LogP contribution in [-0.2, 0) is 13.0 Å². The quantitative estimate of drug-likeness (QED) is 0.857. The lowest BCUT2D eigenvalue weighted by molar-refractivity contribution is -0.286. The van der Waals surface area contributed by atoms with Gasteiger partial charge in [-0.3, -0.25) is 0 Å². The molecule has 0 radical (unpaired) electrons. The topological polar surface area (TPSA) is 30.5 Å². The van der Waals surface area contributed by atoms with Gasteiger partial charge in [-0.05, 0) is 36.2 Å². The number of hydrogen-bond acceptors (Lipinski definition) is 3. The molecule has 0 unspecified atom stereocenters. The molecule has 0 saturated heterocycles. The second kappa shape index (κ2) is 5.69. The van der Waals surface area contributed by atoms with E-state index in [1.165, 1.54) is 11.6 Å². The Morgan fingerprint density at radius 1 is 0.905 bits per heavy atom. The van der Waals surface area contributed by atoms with Crippen LogP contribution in [0.25, 0.3) is 0 Å². The van der Waals surface area contributed by atoms with Crippen LogP contribution in [0.1, 0.15) is 11.1 Å². The third-order valence-corrected chi connectivity index (χ3v) is 3.23. The molecule has 0 saturated carbocycles. The number of halogens is 2. The first kappa shape index (κ1) is 13.8. The maximum atomic E-state index is 12.9. The van der Waals surface area contributed by atoms with E-state index in [1.54, 1.807) is 12.1 Å². The number of rotatable bonds is 5. The lowest BCUT2D eigenvalue weighted by Gasteiger charge is -2.06. The summed E-state index contributed by atoms with van der Waals surface area (Å²) in [5.74, 6) is 0.182. The summed E-state index contributed by atoms with van der Waals surface area (Å²) in [5, 5.41) is 3.31. The Bertz CT molecular complexity index is 617. The number of alkyl halides is 2. The Morgan fingerprint density at radius 3 is 2.48 bits per heavy atom. The summed E-state index contributed by atoms with van der Waals surface area (Å²) in [6, 6.07) is 15.0. The van der Waals surface area contributed by atoms with Crippen LogP contribution in [0.2, 0.25) is 0 Å². The minimum absolute atomic E-state index is 0.0843. The molecule has 0 atom stereocenters. The second-order valence-corrected chi connectivity index (χ2v) is 4.86. The highest BCUT2D eigenvalue weighted by Gasteiger charge is 2.43. The molecular weight excluding hydrogens is 276 g/mol. The highest BCUT2D eigenvalue weighted by atomic mass is 19.3. The molecule has 0 bridgehead atoms. The fourth-order valence-corrected chi connectivity index (χ4v) is 2.21. The van der Waals surface area contributed by atoms with Gasteiger partial charge in [0.1, 0.15) is 0 Å². The summed E-state index contributed by atoms with van der Waals surface area (Å²) in [6.07, 6.45) is -2.82. The average Bonchev–Trinajstić information content (AvgIpc) is 2.78. The van der Waals surface area contributed by atoms with Gasteiger partial charge in [0.15, 0.2) is 11.5 Å². The molecule has 2 aromatic carbocycles. The van der Waals surface area contributed by atoms with Crippen LogP contribution in [0.4, 0.5) is 8.78 Å². The normalized spacial score (nSPS) is 15.1. The van der Waals surface area contributed by atoms with Crippen molar-refractivity contribution in [2.24, 2.45) is 0 Å². The van der Waals surface area contributed by atoms with Crippen molar-refractivity contribution >= 4 is 0 Å². The van der Waals surface area contributed by atoms with Gasteiger partial charge in [0, 0.05) is 6.54 Å². The lowest BCUT2D eigenvalue weighted by atomic mass is 10.1. The minimum Gasteiger partial charge on any atom is -0.395 e. The van der Waals surface area contributed by atoms with Gasteiger partial charge in [-0.1, -0.05) is 36.4 Å². The zero-order valence-corrected chi connectivity index (χ0v) is 11.3. The standard InChI is InChI=1S/C16H15F2NO2/c17-16(18)20-14-7-6-12(10-15(14)21-16)8-9-19-11-13-4-2-1-3-5-13/h1-7,10,19H,8-9,11H2. The highest BCUT2D eigenvalue weighted by Crippen LogP contribution is 2.41. The SMILES string of the molecule is FC1(F)Oc2ccc(CCNCc3ccccc3)cc2O1. The molecule has 0 aliphatic carbocycles. The maximum absolute atomic E-state index is 12.9. The van der Waals surface area contributed by atoms with Gasteiger partial charge < -0.3 is 14.8 Å². The molecule has 0 spiro atoms. The smallest absolute Gasteiger partial charge is 0.395 e.